The lowest BCUT2D eigenvalue weighted by atomic mass is 10.1. The average molecular weight is 298 g/mol. The van der Waals surface area contributed by atoms with Crippen molar-refractivity contribution in [3.05, 3.63) is 28.2 Å². The maximum Gasteiger partial charge on any atom is 0.248 e. The molecule has 0 aromatic heterocycles. The van der Waals surface area contributed by atoms with Crippen molar-refractivity contribution >= 4 is 27.5 Å². The lowest BCUT2D eigenvalue weighted by Gasteiger charge is -2.34. The van der Waals surface area contributed by atoms with E-state index < -0.39 is 5.91 Å². The lowest BCUT2D eigenvalue weighted by molar-refractivity contribution is 0.100. The van der Waals surface area contributed by atoms with E-state index in [4.69, 9.17) is 5.73 Å². The highest BCUT2D eigenvalue weighted by Crippen LogP contribution is 2.28. The number of benzene rings is 1. The van der Waals surface area contributed by atoms with Gasteiger partial charge in [0.1, 0.15) is 0 Å². The summed E-state index contributed by atoms with van der Waals surface area (Å²) in [6, 6.07) is 5.52. The van der Waals surface area contributed by atoms with Gasteiger partial charge in [0.25, 0.3) is 0 Å². The van der Waals surface area contributed by atoms with Crippen molar-refractivity contribution in [2.24, 2.45) is 5.73 Å². The van der Waals surface area contributed by atoms with Gasteiger partial charge in [-0.15, -0.1) is 0 Å². The predicted octanol–water partition coefficient (Wildman–Crippen LogP) is 1.30. The smallest absolute Gasteiger partial charge is 0.248 e. The van der Waals surface area contributed by atoms with Gasteiger partial charge in [0.2, 0.25) is 5.91 Å². The van der Waals surface area contributed by atoms with Crippen molar-refractivity contribution in [1.82, 2.24) is 4.90 Å². The van der Waals surface area contributed by atoms with Gasteiger partial charge in [-0.2, -0.15) is 0 Å². The molecular formula is C12H16BrN3O. The van der Waals surface area contributed by atoms with Crippen LogP contribution in [0.2, 0.25) is 0 Å². The molecule has 17 heavy (non-hydrogen) atoms. The number of nitrogens with zero attached hydrogens (tertiary/aromatic N) is 2. The van der Waals surface area contributed by atoms with Gasteiger partial charge in [0.15, 0.2) is 0 Å². The minimum atomic E-state index is -0.393. The van der Waals surface area contributed by atoms with Gasteiger partial charge in [0.05, 0.1) is 5.69 Å². The van der Waals surface area contributed by atoms with E-state index in [0.29, 0.717) is 5.56 Å². The van der Waals surface area contributed by atoms with E-state index in [1.807, 2.05) is 6.07 Å². The van der Waals surface area contributed by atoms with Crippen LogP contribution in [-0.2, 0) is 0 Å². The summed E-state index contributed by atoms with van der Waals surface area (Å²) < 4.78 is 0.929. The summed E-state index contributed by atoms with van der Waals surface area (Å²) in [5, 5.41) is 0. The second-order valence-corrected chi connectivity index (χ2v) is 5.18. The number of piperazine rings is 1. The highest BCUT2D eigenvalue weighted by molar-refractivity contribution is 9.10. The van der Waals surface area contributed by atoms with Gasteiger partial charge < -0.3 is 15.5 Å². The second kappa shape index (κ2) is 5.06. The summed E-state index contributed by atoms with van der Waals surface area (Å²) in [4.78, 5) is 15.7. The van der Waals surface area contributed by atoms with Crippen LogP contribution in [0.25, 0.3) is 0 Å². The fraction of sp³-hybridized carbons (Fsp3) is 0.417. The first-order chi connectivity index (χ1) is 8.08. The molecule has 0 aliphatic carbocycles. The monoisotopic (exact) mass is 297 g/mol. The zero-order chi connectivity index (χ0) is 12.4. The second-order valence-electron chi connectivity index (χ2n) is 4.32. The molecule has 1 aliphatic rings. The number of hydrogen-bond donors (Lipinski definition) is 1. The van der Waals surface area contributed by atoms with Crippen LogP contribution in [0.4, 0.5) is 5.69 Å². The molecule has 92 valence electrons. The van der Waals surface area contributed by atoms with Gasteiger partial charge in [-0.25, -0.2) is 0 Å². The van der Waals surface area contributed by atoms with E-state index in [1.54, 1.807) is 12.1 Å². The van der Waals surface area contributed by atoms with E-state index in [2.05, 4.69) is 32.8 Å². The van der Waals surface area contributed by atoms with E-state index in [-0.39, 0.29) is 0 Å². The van der Waals surface area contributed by atoms with E-state index in [0.717, 1.165) is 36.3 Å². The number of carbonyl (C=O) groups excluding carboxylic acids is 1. The van der Waals surface area contributed by atoms with Crippen LogP contribution >= 0.6 is 15.9 Å². The molecule has 1 aliphatic heterocycles. The molecule has 0 bridgehead atoms. The van der Waals surface area contributed by atoms with Gasteiger partial charge in [-0.05, 0) is 41.2 Å². The first kappa shape index (κ1) is 12.4. The van der Waals surface area contributed by atoms with E-state index in [1.165, 1.54) is 0 Å². The summed E-state index contributed by atoms with van der Waals surface area (Å²) in [6.45, 7) is 4.13. The third kappa shape index (κ3) is 2.79. The van der Waals surface area contributed by atoms with Crippen molar-refractivity contribution in [1.29, 1.82) is 0 Å². The maximum absolute atomic E-state index is 11.1. The molecule has 0 radical (unpaired) electrons. The Morgan fingerprint density at radius 1 is 1.29 bits per heavy atom. The first-order valence-electron chi connectivity index (χ1n) is 5.61. The zero-order valence-electron chi connectivity index (χ0n) is 9.82. The standard InChI is InChI=1S/C12H16BrN3O/c1-15-4-6-16(7-5-15)11-3-2-9(12(14)17)8-10(11)13/h2-3,8H,4-7H2,1H3,(H2,14,17). The topological polar surface area (TPSA) is 49.6 Å². The fourth-order valence-electron chi connectivity index (χ4n) is 1.96. The number of amides is 1. The third-order valence-corrected chi connectivity index (χ3v) is 3.71. The normalized spacial score (nSPS) is 17.2. The Kier molecular flexibility index (Phi) is 3.69. The Hall–Kier alpha value is -1.07. The molecule has 1 amide bonds. The Morgan fingerprint density at radius 3 is 2.47 bits per heavy atom. The number of primary amides is 1. The Bertz CT molecular complexity index is 428. The van der Waals surface area contributed by atoms with Crippen LogP contribution in [0.1, 0.15) is 10.4 Å². The van der Waals surface area contributed by atoms with Gasteiger partial charge in [-0.3, -0.25) is 4.79 Å². The Labute approximate surface area is 110 Å². The molecule has 4 nitrogen and oxygen atoms in total. The van der Waals surface area contributed by atoms with E-state index in [9.17, 15) is 4.79 Å². The van der Waals surface area contributed by atoms with Crippen molar-refractivity contribution in [2.45, 2.75) is 0 Å². The van der Waals surface area contributed by atoms with Crippen LogP contribution in [0, 0.1) is 0 Å². The summed E-state index contributed by atoms with van der Waals surface area (Å²) in [5.74, 6) is -0.393. The molecule has 0 spiro atoms. The average Bonchev–Trinajstić information content (AvgIpc) is 2.30. The number of rotatable bonds is 2. The number of halogens is 1. The largest absolute Gasteiger partial charge is 0.368 e. The van der Waals surface area contributed by atoms with Crippen molar-refractivity contribution in [3.8, 4) is 0 Å². The van der Waals surface area contributed by atoms with E-state index >= 15 is 0 Å². The summed E-state index contributed by atoms with van der Waals surface area (Å²) in [6.07, 6.45) is 0. The summed E-state index contributed by atoms with van der Waals surface area (Å²) >= 11 is 3.50. The highest BCUT2D eigenvalue weighted by Gasteiger charge is 2.16. The summed E-state index contributed by atoms with van der Waals surface area (Å²) in [5.41, 5.74) is 6.91. The zero-order valence-corrected chi connectivity index (χ0v) is 11.4. The number of carbonyl (C=O) groups is 1. The maximum atomic E-state index is 11.1. The molecule has 0 saturated carbocycles. The Balaban J connectivity index is 2.19. The van der Waals surface area contributed by atoms with Crippen molar-refractivity contribution in [3.63, 3.8) is 0 Å². The van der Waals surface area contributed by atoms with Crippen LogP contribution in [0.15, 0.2) is 22.7 Å². The number of anilines is 1. The summed E-state index contributed by atoms with van der Waals surface area (Å²) in [7, 11) is 2.13. The number of likely N-dealkylation sites (N-methyl/N-ethyl adjacent to an activating group) is 1. The molecule has 1 aromatic carbocycles. The Morgan fingerprint density at radius 2 is 1.94 bits per heavy atom. The third-order valence-electron chi connectivity index (χ3n) is 3.08. The molecule has 2 N–H and O–H groups in total. The quantitative estimate of drug-likeness (QED) is 0.895. The molecule has 0 atom stereocenters. The molecule has 1 saturated heterocycles. The number of hydrogen-bond acceptors (Lipinski definition) is 3. The molecule has 5 heteroatoms. The molecule has 1 fully saturated rings. The minimum absolute atomic E-state index is 0.393. The van der Waals surface area contributed by atoms with Crippen molar-refractivity contribution < 1.29 is 4.79 Å². The van der Waals surface area contributed by atoms with Crippen LogP contribution in [-0.4, -0.2) is 44.0 Å². The highest BCUT2D eigenvalue weighted by atomic mass is 79.9. The molecular weight excluding hydrogens is 282 g/mol. The molecule has 2 rings (SSSR count). The first-order valence-corrected chi connectivity index (χ1v) is 6.40. The van der Waals surface area contributed by atoms with Crippen LogP contribution in [0.5, 0.6) is 0 Å². The number of nitrogens with two attached hydrogens (primary N) is 1. The van der Waals surface area contributed by atoms with Crippen LogP contribution in [0.3, 0.4) is 0 Å². The van der Waals surface area contributed by atoms with Gasteiger partial charge in [-0.1, -0.05) is 0 Å². The molecule has 1 aromatic rings. The van der Waals surface area contributed by atoms with Gasteiger partial charge in [0, 0.05) is 36.2 Å². The SMILES string of the molecule is CN1CCN(c2ccc(C(N)=O)cc2Br)CC1. The molecule has 0 unspecified atom stereocenters. The lowest BCUT2D eigenvalue weighted by Crippen LogP contribution is -2.44. The van der Waals surface area contributed by atoms with Crippen LogP contribution < -0.4 is 10.6 Å². The van der Waals surface area contributed by atoms with Crippen molar-refractivity contribution in [2.75, 3.05) is 38.1 Å². The fourth-order valence-corrected chi connectivity index (χ4v) is 2.59. The molecule has 1 heterocycles. The minimum Gasteiger partial charge on any atom is -0.368 e. The van der Waals surface area contributed by atoms with Gasteiger partial charge >= 0.3 is 0 Å². The predicted molar refractivity (Wildman–Crippen MR) is 72.4 cm³/mol.